The maximum Gasteiger partial charge on any atom is 0.317 e. The van der Waals surface area contributed by atoms with E-state index in [0.717, 1.165) is 31.8 Å². The van der Waals surface area contributed by atoms with Gasteiger partial charge in [0.15, 0.2) is 0 Å². The molecule has 2 bridgehead atoms. The van der Waals surface area contributed by atoms with E-state index < -0.39 is 0 Å². The van der Waals surface area contributed by atoms with Gasteiger partial charge in [-0.3, -0.25) is 4.79 Å². The van der Waals surface area contributed by atoms with E-state index in [1.54, 1.807) is 6.92 Å². The van der Waals surface area contributed by atoms with Crippen molar-refractivity contribution in [2.75, 3.05) is 26.2 Å². The van der Waals surface area contributed by atoms with Gasteiger partial charge < -0.3 is 15.1 Å². The molecular weight excluding hydrogens is 290 g/mol. The molecule has 0 aromatic heterocycles. The third kappa shape index (κ3) is 2.62. The lowest BCUT2D eigenvalue weighted by molar-refractivity contribution is -0.128. The summed E-state index contributed by atoms with van der Waals surface area (Å²) in [5, 5.41) is 3.33. The average Bonchev–Trinajstić information content (AvgIpc) is 2.75. The average molecular weight is 321 g/mol. The topological polar surface area (TPSA) is 52.7 Å². The highest BCUT2D eigenvalue weighted by Crippen LogP contribution is 2.65. The molecule has 2 saturated carbocycles. The molecule has 1 N–H and O–H groups in total. The molecule has 3 aliphatic rings. The lowest BCUT2D eigenvalue weighted by Crippen LogP contribution is -2.52. The molecule has 3 unspecified atom stereocenters. The predicted molar refractivity (Wildman–Crippen MR) is 90.0 cm³/mol. The minimum absolute atomic E-state index is 0.0602. The lowest BCUT2D eigenvalue weighted by atomic mass is 9.69. The largest absolute Gasteiger partial charge is 0.341 e. The molecule has 3 amide bonds. The Morgan fingerprint density at radius 1 is 1.04 bits per heavy atom. The van der Waals surface area contributed by atoms with Crippen LogP contribution in [0.4, 0.5) is 4.79 Å². The van der Waals surface area contributed by atoms with Crippen LogP contribution < -0.4 is 5.32 Å². The predicted octanol–water partition coefficient (Wildman–Crippen LogP) is 2.46. The van der Waals surface area contributed by atoms with E-state index in [4.69, 9.17) is 0 Å². The van der Waals surface area contributed by atoms with E-state index in [-0.39, 0.29) is 23.4 Å². The number of urea groups is 1. The van der Waals surface area contributed by atoms with Crippen LogP contribution in [0.2, 0.25) is 0 Å². The van der Waals surface area contributed by atoms with Gasteiger partial charge in [-0.25, -0.2) is 4.79 Å². The summed E-state index contributed by atoms with van der Waals surface area (Å²) in [5.74, 6) is 0.838. The molecule has 0 radical (unpaired) electrons. The van der Waals surface area contributed by atoms with Crippen molar-refractivity contribution in [3.05, 3.63) is 0 Å². The Balaban J connectivity index is 1.61. The fraction of sp³-hybridized carbons (Fsp3) is 0.889. The summed E-state index contributed by atoms with van der Waals surface area (Å²) in [6.07, 6.45) is 4.49. The molecule has 3 fully saturated rings. The number of amides is 3. The van der Waals surface area contributed by atoms with E-state index >= 15 is 0 Å². The molecule has 0 spiro atoms. The number of carbonyl (C=O) groups excluding carboxylic acids is 2. The first-order chi connectivity index (χ1) is 10.8. The molecule has 0 aromatic carbocycles. The van der Waals surface area contributed by atoms with Crippen LogP contribution in [0.25, 0.3) is 0 Å². The number of nitrogens with one attached hydrogen (secondary N) is 1. The van der Waals surface area contributed by atoms with Gasteiger partial charge in [0.05, 0.1) is 0 Å². The van der Waals surface area contributed by atoms with Gasteiger partial charge in [-0.15, -0.1) is 0 Å². The van der Waals surface area contributed by atoms with Gasteiger partial charge in [0.25, 0.3) is 0 Å². The smallest absolute Gasteiger partial charge is 0.317 e. The van der Waals surface area contributed by atoms with Crippen molar-refractivity contribution in [3.63, 3.8) is 0 Å². The summed E-state index contributed by atoms with van der Waals surface area (Å²) >= 11 is 0. The van der Waals surface area contributed by atoms with Crippen molar-refractivity contribution >= 4 is 11.9 Å². The van der Waals surface area contributed by atoms with Crippen molar-refractivity contribution in [2.24, 2.45) is 16.7 Å². The van der Waals surface area contributed by atoms with E-state index in [0.29, 0.717) is 18.5 Å². The highest BCUT2D eigenvalue weighted by molar-refractivity contribution is 5.76. The Labute approximate surface area is 139 Å². The maximum absolute atomic E-state index is 12.7. The molecule has 1 saturated heterocycles. The third-order valence-corrected chi connectivity index (χ3v) is 7.32. The standard InChI is InChI=1S/C18H31N3O2/c1-13(22)20-8-5-9-21(11-10-20)16(23)19-15-12-14-6-7-18(15,4)17(14,2)3/h14-15H,5-12H2,1-4H3,(H,19,23). The first-order valence-corrected chi connectivity index (χ1v) is 9.06. The molecule has 5 nitrogen and oxygen atoms in total. The van der Waals surface area contributed by atoms with Gasteiger partial charge in [0.1, 0.15) is 0 Å². The Morgan fingerprint density at radius 2 is 1.70 bits per heavy atom. The Hall–Kier alpha value is -1.26. The van der Waals surface area contributed by atoms with Crippen LogP contribution in [0.15, 0.2) is 0 Å². The Kier molecular flexibility index (Phi) is 4.09. The summed E-state index contributed by atoms with van der Waals surface area (Å²) in [7, 11) is 0. The van der Waals surface area contributed by atoms with Crippen molar-refractivity contribution < 1.29 is 9.59 Å². The molecule has 23 heavy (non-hydrogen) atoms. The molecule has 0 aromatic rings. The number of rotatable bonds is 1. The SMILES string of the molecule is CC(=O)N1CCCN(C(=O)NC2CC3CCC2(C)C3(C)C)CC1. The van der Waals surface area contributed by atoms with Crippen LogP contribution >= 0.6 is 0 Å². The monoisotopic (exact) mass is 321 g/mol. The number of hydrogen-bond acceptors (Lipinski definition) is 2. The summed E-state index contributed by atoms with van der Waals surface area (Å²) in [6, 6.07) is 0.348. The highest BCUT2D eigenvalue weighted by Gasteiger charge is 2.61. The summed E-state index contributed by atoms with van der Waals surface area (Å²) in [5.41, 5.74) is 0.528. The van der Waals surface area contributed by atoms with E-state index in [1.165, 1.54) is 12.8 Å². The number of fused-ring (bicyclic) bond motifs is 2. The fourth-order valence-electron chi connectivity index (χ4n) is 5.10. The summed E-state index contributed by atoms with van der Waals surface area (Å²) in [4.78, 5) is 28.0. The van der Waals surface area contributed by atoms with Crippen LogP contribution in [-0.2, 0) is 4.79 Å². The normalized spacial score (nSPS) is 36.0. The zero-order chi connectivity index (χ0) is 16.8. The van der Waals surface area contributed by atoms with Gasteiger partial charge >= 0.3 is 6.03 Å². The first-order valence-electron chi connectivity index (χ1n) is 9.06. The summed E-state index contributed by atoms with van der Waals surface area (Å²) < 4.78 is 0. The van der Waals surface area contributed by atoms with Crippen LogP contribution in [0.1, 0.15) is 53.4 Å². The van der Waals surface area contributed by atoms with Crippen LogP contribution in [0, 0.1) is 16.7 Å². The molecule has 130 valence electrons. The maximum atomic E-state index is 12.7. The van der Waals surface area contributed by atoms with Crippen LogP contribution in [0.5, 0.6) is 0 Å². The van der Waals surface area contributed by atoms with E-state index in [2.05, 4.69) is 26.1 Å². The second kappa shape index (κ2) is 5.67. The van der Waals surface area contributed by atoms with Crippen molar-refractivity contribution in [3.8, 4) is 0 Å². The van der Waals surface area contributed by atoms with Crippen molar-refractivity contribution in [2.45, 2.75) is 59.4 Å². The van der Waals surface area contributed by atoms with Gasteiger partial charge in [-0.2, -0.15) is 0 Å². The van der Waals surface area contributed by atoms with E-state index in [9.17, 15) is 9.59 Å². The molecular formula is C18H31N3O2. The lowest BCUT2D eigenvalue weighted by Gasteiger charge is -2.40. The van der Waals surface area contributed by atoms with Gasteiger partial charge in [0, 0.05) is 39.1 Å². The summed E-state index contributed by atoms with van der Waals surface area (Å²) in [6.45, 7) is 11.5. The highest BCUT2D eigenvalue weighted by atomic mass is 16.2. The molecule has 1 aliphatic heterocycles. The zero-order valence-electron chi connectivity index (χ0n) is 15.0. The molecule has 3 rings (SSSR count). The van der Waals surface area contributed by atoms with Crippen molar-refractivity contribution in [1.82, 2.24) is 15.1 Å². The second-order valence-corrected chi connectivity index (χ2v) is 8.46. The van der Waals surface area contributed by atoms with Gasteiger partial charge in [-0.05, 0) is 42.4 Å². The second-order valence-electron chi connectivity index (χ2n) is 8.46. The van der Waals surface area contributed by atoms with Crippen molar-refractivity contribution in [1.29, 1.82) is 0 Å². The minimum Gasteiger partial charge on any atom is -0.341 e. The first kappa shape index (κ1) is 16.6. The van der Waals surface area contributed by atoms with Crippen LogP contribution in [-0.4, -0.2) is 54.0 Å². The van der Waals surface area contributed by atoms with Gasteiger partial charge in [-0.1, -0.05) is 20.8 Å². The number of carbonyl (C=O) groups is 2. The fourth-order valence-corrected chi connectivity index (χ4v) is 5.10. The molecule has 1 heterocycles. The molecule has 3 atom stereocenters. The number of nitrogens with zero attached hydrogens (tertiary/aromatic N) is 2. The Bertz CT molecular complexity index is 504. The molecule has 2 aliphatic carbocycles. The molecule has 5 heteroatoms. The third-order valence-electron chi connectivity index (χ3n) is 7.32. The van der Waals surface area contributed by atoms with E-state index in [1.807, 2.05) is 9.80 Å². The number of hydrogen-bond donors (Lipinski definition) is 1. The Morgan fingerprint density at radius 3 is 2.26 bits per heavy atom. The van der Waals surface area contributed by atoms with Gasteiger partial charge in [0.2, 0.25) is 5.91 Å². The minimum atomic E-state index is 0.0602. The van der Waals surface area contributed by atoms with Crippen LogP contribution in [0.3, 0.4) is 0 Å². The zero-order valence-corrected chi connectivity index (χ0v) is 15.0. The quantitative estimate of drug-likeness (QED) is 0.806.